The second-order valence-corrected chi connectivity index (χ2v) is 19.2. The van der Waals surface area contributed by atoms with E-state index >= 15 is 0 Å². The molecule has 3 nitrogen and oxygen atoms in total. The van der Waals surface area contributed by atoms with Gasteiger partial charge in [0.15, 0.2) is 0 Å². The Balaban J connectivity index is 1.33. The van der Waals surface area contributed by atoms with Gasteiger partial charge >= 0.3 is 0 Å². The molecule has 0 saturated heterocycles. The molecule has 0 bridgehead atoms. The van der Waals surface area contributed by atoms with Crippen molar-refractivity contribution in [2.45, 2.75) is 41.5 Å². The van der Waals surface area contributed by atoms with E-state index in [9.17, 15) is 0 Å². The maximum absolute atomic E-state index is 2.76. The summed E-state index contributed by atoms with van der Waals surface area (Å²) in [5.74, 6) is 0. The Kier molecular flexibility index (Phi) is 7.42. The summed E-state index contributed by atoms with van der Waals surface area (Å²) in [6.07, 6.45) is 0. The summed E-state index contributed by atoms with van der Waals surface area (Å²) in [6.45, 7) is 13.9. The third-order valence-electron chi connectivity index (χ3n) is 15.3. The van der Waals surface area contributed by atoms with Gasteiger partial charge in [0, 0.05) is 49.4 Å². The van der Waals surface area contributed by atoms with Crippen molar-refractivity contribution >= 4 is 112 Å². The van der Waals surface area contributed by atoms with Crippen LogP contribution in [-0.2, 0) is 0 Å². The Hall–Kier alpha value is -7.49. The van der Waals surface area contributed by atoms with Crippen LogP contribution < -0.4 is 32.8 Å². The number of fused-ring (bicyclic) bond motifs is 9. The quantitative estimate of drug-likeness (QED) is 0.157. The summed E-state index contributed by atoms with van der Waals surface area (Å²) < 4.78 is 7.87. The third kappa shape index (κ3) is 4.73. The van der Waals surface area contributed by atoms with Gasteiger partial charge in [-0.15, -0.1) is 0 Å². The molecular weight excluding hydrogens is 784 g/mol. The minimum Gasteiger partial charge on any atom is -0.311 e. The van der Waals surface area contributed by atoms with Crippen molar-refractivity contribution in [1.82, 2.24) is 13.7 Å². The fraction of sp³-hybridized carbons (Fsp3) is 0.100. The Morgan fingerprint density at radius 3 is 1.38 bits per heavy atom. The highest BCUT2D eigenvalue weighted by Crippen LogP contribution is 2.47. The molecule has 306 valence electrons. The molecule has 12 aromatic rings. The van der Waals surface area contributed by atoms with Crippen LogP contribution in [0, 0.1) is 41.5 Å². The minimum absolute atomic E-state index is 0.00869. The summed E-state index contributed by atoms with van der Waals surface area (Å²) >= 11 is 0. The zero-order valence-corrected chi connectivity index (χ0v) is 37.6. The van der Waals surface area contributed by atoms with Crippen molar-refractivity contribution in [3.05, 3.63) is 197 Å². The molecule has 14 rings (SSSR count). The molecule has 0 amide bonds. The lowest BCUT2D eigenvalue weighted by Crippen LogP contribution is -2.64. The monoisotopic (exact) mass is 829 g/mol. The lowest BCUT2D eigenvalue weighted by molar-refractivity contribution is 1.18. The molecule has 0 radical (unpaired) electrons. The lowest BCUT2D eigenvalue weighted by Gasteiger charge is -2.36. The first-order valence-corrected chi connectivity index (χ1v) is 23.2. The van der Waals surface area contributed by atoms with E-state index in [1.54, 1.807) is 0 Å². The van der Waals surface area contributed by atoms with Crippen LogP contribution in [0.5, 0.6) is 0 Å². The SMILES string of the molecule is Cc1cc(C)c(B2c3cccc4c3-n3c5c2cc2c(c6ccccc6n2-c2ccccc2)c5c2c3c(cc3c5ccccc5n(-c5ccccc5)c32)B4c2c(C)cc(C)cc2C)c(C)c1. The third-order valence-corrected chi connectivity index (χ3v) is 15.3. The van der Waals surface area contributed by atoms with Gasteiger partial charge in [-0.3, -0.25) is 0 Å². The molecule has 0 saturated carbocycles. The fourth-order valence-electron chi connectivity index (χ4n) is 13.3. The number of rotatable bonds is 4. The summed E-state index contributed by atoms with van der Waals surface area (Å²) in [7, 11) is 0. The van der Waals surface area contributed by atoms with E-state index in [0.29, 0.717) is 0 Å². The highest BCUT2D eigenvalue weighted by molar-refractivity contribution is 7.02. The van der Waals surface area contributed by atoms with Gasteiger partial charge in [0.1, 0.15) is 0 Å². The molecular formula is C60H45B2N3. The zero-order valence-electron chi connectivity index (χ0n) is 37.6. The molecule has 0 fully saturated rings. The smallest absolute Gasteiger partial charge is 0.247 e. The van der Waals surface area contributed by atoms with Crippen LogP contribution in [0.25, 0.3) is 82.5 Å². The molecule has 0 N–H and O–H groups in total. The number of aryl methyl sites for hydroxylation is 6. The van der Waals surface area contributed by atoms with Crippen LogP contribution >= 0.6 is 0 Å². The van der Waals surface area contributed by atoms with Crippen LogP contribution in [0.4, 0.5) is 0 Å². The van der Waals surface area contributed by atoms with Gasteiger partial charge in [-0.2, -0.15) is 0 Å². The standard InChI is InChI=1S/C60H45B2N3/c1-34-28-36(3)55(37(4)29-34)61-45-24-17-25-46-58(45)65-59-48(62(46)56-38(5)30-35(2)31-39(56)6)33-51-52(43-23-14-16-27-50(43)63(51)40-18-9-7-10-19-40)53(59)54-57-44(32-47(61)60(54)65)42-22-13-15-26-49(42)64(57)41-20-11-8-12-21-41/h7-33H,1-6H3. The normalized spacial score (nSPS) is 13.0. The summed E-state index contributed by atoms with van der Waals surface area (Å²) in [4.78, 5) is 0. The van der Waals surface area contributed by atoms with Crippen molar-refractivity contribution in [2.75, 3.05) is 0 Å². The minimum atomic E-state index is 0.00869. The molecule has 0 aliphatic carbocycles. The first-order chi connectivity index (χ1) is 31.8. The number of nitrogens with zero attached hydrogens (tertiary/aromatic N) is 3. The van der Waals surface area contributed by atoms with E-state index in [0.717, 1.165) is 0 Å². The van der Waals surface area contributed by atoms with Crippen molar-refractivity contribution in [2.24, 2.45) is 0 Å². The highest BCUT2D eigenvalue weighted by Gasteiger charge is 2.44. The predicted octanol–water partition coefficient (Wildman–Crippen LogP) is 10.5. The molecule has 5 heteroatoms. The highest BCUT2D eigenvalue weighted by atomic mass is 15.0. The summed E-state index contributed by atoms with van der Waals surface area (Å²) in [5, 5.41) is 7.84. The molecule has 9 aromatic carbocycles. The van der Waals surface area contributed by atoms with Crippen molar-refractivity contribution in [3.63, 3.8) is 0 Å². The van der Waals surface area contributed by atoms with E-state index in [1.165, 1.54) is 149 Å². The van der Waals surface area contributed by atoms with Crippen molar-refractivity contribution in [1.29, 1.82) is 0 Å². The molecule has 65 heavy (non-hydrogen) atoms. The van der Waals surface area contributed by atoms with Gasteiger partial charge in [0.2, 0.25) is 13.4 Å². The Bertz CT molecular complexity index is 4030. The van der Waals surface area contributed by atoms with E-state index in [2.05, 4.69) is 219 Å². The van der Waals surface area contributed by atoms with E-state index in [4.69, 9.17) is 0 Å². The predicted molar refractivity (Wildman–Crippen MR) is 280 cm³/mol. The van der Waals surface area contributed by atoms with Gasteiger partial charge < -0.3 is 13.7 Å². The topological polar surface area (TPSA) is 14.8 Å². The van der Waals surface area contributed by atoms with Crippen LogP contribution in [0.2, 0.25) is 0 Å². The lowest BCUT2D eigenvalue weighted by atomic mass is 9.30. The first kappa shape index (κ1) is 36.9. The van der Waals surface area contributed by atoms with Gasteiger partial charge in [-0.25, -0.2) is 0 Å². The maximum atomic E-state index is 2.76. The Morgan fingerprint density at radius 1 is 0.323 bits per heavy atom. The van der Waals surface area contributed by atoms with Gasteiger partial charge in [0.05, 0.1) is 33.1 Å². The van der Waals surface area contributed by atoms with Gasteiger partial charge in [0.25, 0.3) is 0 Å². The van der Waals surface area contributed by atoms with Crippen LogP contribution in [0.3, 0.4) is 0 Å². The number of para-hydroxylation sites is 5. The first-order valence-electron chi connectivity index (χ1n) is 23.2. The van der Waals surface area contributed by atoms with Crippen LogP contribution in [0.15, 0.2) is 164 Å². The molecule has 3 aromatic heterocycles. The van der Waals surface area contributed by atoms with Gasteiger partial charge in [-0.1, -0.05) is 166 Å². The molecule has 5 heterocycles. The van der Waals surface area contributed by atoms with E-state index < -0.39 is 0 Å². The molecule has 2 aliphatic rings. The molecule has 0 atom stereocenters. The number of aromatic nitrogens is 3. The molecule has 0 unspecified atom stereocenters. The average molecular weight is 830 g/mol. The Morgan fingerprint density at radius 2 is 0.800 bits per heavy atom. The average Bonchev–Trinajstić information content (AvgIpc) is 3.95. The second kappa shape index (κ2) is 13.1. The number of benzene rings is 9. The van der Waals surface area contributed by atoms with E-state index in [1.807, 2.05) is 0 Å². The van der Waals surface area contributed by atoms with E-state index in [-0.39, 0.29) is 13.4 Å². The molecule has 0 spiro atoms. The largest absolute Gasteiger partial charge is 0.311 e. The van der Waals surface area contributed by atoms with Gasteiger partial charge in [-0.05, 0) is 106 Å². The Labute approximate surface area is 379 Å². The zero-order chi connectivity index (χ0) is 43.6. The summed E-state index contributed by atoms with van der Waals surface area (Å²) in [5.41, 5.74) is 27.7. The fourth-order valence-corrected chi connectivity index (χ4v) is 13.3. The van der Waals surface area contributed by atoms with Crippen LogP contribution in [-0.4, -0.2) is 27.1 Å². The van der Waals surface area contributed by atoms with Crippen molar-refractivity contribution < 1.29 is 0 Å². The molecule has 2 aliphatic heterocycles. The van der Waals surface area contributed by atoms with Crippen molar-refractivity contribution in [3.8, 4) is 17.1 Å². The van der Waals surface area contributed by atoms with Crippen LogP contribution in [0.1, 0.15) is 33.4 Å². The summed E-state index contributed by atoms with van der Waals surface area (Å²) in [6, 6.07) is 62.4. The number of hydrogen-bond donors (Lipinski definition) is 0. The maximum Gasteiger partial charge on any atom is 0.247 e. The second-order valence-electron chi connectivity index (χ2n) is 19.2. The number of hydrogen-bond acceptors (Lipinski definition) is 0.